The number of hydrogen-bond acceptors (Lipinski definition) is 2. The second-order valence-electron chi connectivity index (χ2n) is 4.14. The Morgan fingerprint density at radius 3 is 2.27 bits per heavy atom. The van der Waals surface area contributed by atoms with Crippen LogP contribution in [0.25, 0.3) is 0 Å². The molecule has 0 saturated heterocycles. The van der Waals surface area contributed by atoms with Gasteiger partial charge < -0.3 is 5.32 Å². The van der Waals surface area contributed by atoms with Crippen LogP contribution in [0.1, 0.15) is 26.7 Å². The molecule has 0 bridgehead atoms. The van der Waals surface area contributed by atoms with Crippen molar-refractivity contribution in [2.45, 2.75) is 32.2 Å². The summed E-state index contributed by atoms with van der Waals surface area (Å²) in [5.41, 5.74) is -4.08. The van der Waals surface area contributed by atoms with Crippen LogP contribution >= 0.6 is 11.8 Å². The third-order valence-electron chi connectivity index (χ3n) is 2.09. The molecule has 0 fully saturated rings. The van der Waals surface area contributed by atoms with E-state index in [1.165, 1.54) is 0 Å². The van der Waals surface area contributed by atoms with Crippen LogP contribution in [0.2, 0.25) is 0 Å². The standard InChI is InChI=1S/C10H20F3NS/c1-8(2)6-9(7-14-3)4-5-15-10(11,12)13/h8-9,14H,4-7H2,1-3H3. The van der Waals surface area contributed by atoms with E-state index in [9.17, 15) is 13.2 Å². The Morgan fingerprint density at radius 2 is 1.87 bits per heavy atom. The van der Waals surface area contributed by atoms with Gasteiger partial charge in [-0.25, -0.2) is 0 Å². The number of rotatable bonds is 7. The summed E-state index contributed by atoms with van der Waals surface area (Å²) in [7, 11) is 1.84. The molecular weight excluding hydrogens is 223 g/mol. The van der Waals surface area contributed by atoms with E-state index in [1.807, 2.05) is 7.05 Å². The van der Waals surface area contributed by atoms with Crippen molar-refractivity contribution >= 4 is 11.8 Å². The van der Waals surface area contributed by atoms with Crippen molar-refractivity contribution in [3.8, 4) is 0 Å². The van der Waals surface area contributed by atoms with Crippen LogP contribution in [0.15, 0.2) is 0 Å². The molecule has 0 amide bonds. The maximum atomic E-state index is 11.9. The fourth-order valence-electron chi connectivity index (χ4n) is 1.60. The largest absolute Gasteiger partial charge is 0.441 e. The van der Waals surface area contributed by atoms with E-state index in [4.69, 9.17) is 0 Å². The topological polar surface area (TPSA) is 12.0 Å². The molecule has 0 aromatic rings. The number of alkyl halides is 3. The average Bonchev–Trinajstić information content (AvgIpc) is 2.00. The predicted molar refractivity (Wildman–Crippen MR) is 60.0 cm³/mol. The summed E-state index contributed by atoms with van der Waals surface area (Å²) < 4.78 is 35.7. The van der Waals surface area contributed by atoms with Gasteiger partial charge in [-0.3, -0.25) is 0 Å². The quantitative estimate of drug-likeness (QED) is 0.734. The zero-order valence-corrected chi connectivity index (χ0v) is 10.3. The summed E-state index contributed by atoms with van der Waals surface area (Å²) in [6.07, 6.45) is 1.61. The van der Waals surface area contributed by atoms with Crippen LogP contribution < -0.4 is 5.32 Å². The third kappa shape index (κ3) is 10.4. The Balaban J connectivity index is 3.75. The highest BCUT2D eigenvalue weighted by atomic mass is 32.2. The van der Waals surface area contributed by atoms with Crippen LogP contribution in [0, 0.1) is 11.8 Å². The van der Waals surface area contributed by atoms with Crippen molar-refractivity contribution in [3.63, 3.8) is 0 Å². The van der Waals surface area contributed by atoms with Crippen LogP contribution in [-0.4, -0.2) is 24.9 Å². The molecule has 0 radical (unpaired) electrons. The number of halogens is 3. The number of thioether (sulfide) groups is 1. The Labute approximate surface area is 94.2 Å². The van der Waals surface area contributed by atoms with Crippen LogP contribution in [0.5, 0.6) is 0 Å². The second-order valence-corrected chi connectivity index (χ2v) is 5.30. The van der Waals surface area contributed by atoms with Crippen molar-refractivity contribution in [2.24, 2.45) is 11.8 Å². The van der Waals surface area contributed by atoms with Crippen molar-refractivity contribution in [2.75, 3.05) is 19.3 Å². The summed E-state index contributed by atoms with van der Waals surface area (Å²) in [6, 6.07) is 0. The van der Waals surface area contributed by atoms with Gasteiger partial charge >= 0.3 is 5.51 Å². The zero-order chi connectivity index (χ0) is 11.9. The smallest absolute Gasteiger partial charge is 0.319 e. The molecule has 5 heteroatoms. The van der Waals surface area contributed by atoms with Gasteiger partial charge in [-0.2, -0.15) is 13.2 Å². The average molecular weight is 243 g/mol. The summed E-state index contributed by atoms with van der Waals surface area (Å²) in [5, 5.41) is 3.03. The second kappa shape index (κ2) is 7.39. The first-order chi connectivity index (χ1) is 6.85. The Bertz CT molecular complexity index is 159. The van der Waals surface area contributed by atoms with Gasteiger partial charge in [0, 0.05) is 5.75 Å². The van der Waals surface area contributed by atoms with Gasteiger partial charge in [0.15, 0.2) is 0 Å². The van der Waals surface area contributed by atoms with E-state index in [-0.39, 0.29) is 17.5 Å². The fraction of sp³-hybridized carbons (Fsp3) is 1.00. The van der Waals surface area contributed by atoms with Gasteiger partial charge in [0.2, 0.25) is 0 Å². The SMILES string of the molecule is CNCC(CCSC(F)(F)F)CC(C)C. The highest BCUT2D eigenvalue weighted by Gasteiger charge is 2.28. The first-order valence-electron chi connectivity index (χ1n) is 5.20. The zero-order valence-electron chi connectivity index (χ0n) is 9.53. The Hall–Kier alpha value is 0.100. The summed E-state index contributed by atoms with van der Waals surface area (Å²) in [5.74, 6) is 1.06. The van der Waals surface area contributed by atoms with Crippen molar-refractivity contribution < 1.29 is 13.2 Å². The monoisotopic (exact) mass is 243 g/mol. The molecule has 0 spiro atoms. The lowest BCUT2D eigenvalue weighted by Crippen LogP contribution is -2.21. The number of hydrogen-bond donors (Lipinski definition) is 1. The van der Waals surface area contributed by atoms with E-state index in [2.05, 4.69) is 19.2 Å². The first-order valence-corrected chi connectivity index (χ1v) is 6.19. The minimum Gasteiger partial charge on any atom is -0.319 e. The maximum Gasteiger partial charge on any atom is 0.441 e. The molecule has 0 aliphatic carbocycles. The van der Waals surface area contributed by atoms with E-state index in [1.54, 1.807) is 0 Å². The molecule has 1 atom stereocenters. The lowest BCUT2D eigenvalue weighted by molar-refractivity contribution is -0.0328. The molecule has 92 valence electrons. The summed E-state index contributed by atoms with van der Waals surface area (Å²) in [6.45, 7) is 5.00. The Morgan fingerprint density at radius 1 is 1.27 bits per heavy atom. The van der Waals surface area contributed by atoms with Crippen LogP contribution in [0.4, 0.5) is 13.2 Å². The molecule has 0 aromatic carbocycles. The lowest BCUT2D eigenvalue weighted by atomic mass is 9.95. The molecule has 0 aromatic heterocycles. The van der Waals surface area contributed by atoms with Crippen molar-refractivity contribution in [1.82, 2.24) is 5.32 Å². The van der Waals surface area contributed by atoms with Crippen LogP contribution in [-0.2, 0) is 0 Å². The van der Waals surface area contributed by atoms with E-state index >= 15 is 0 Å². The van der Waals surface area contributed by atoms with Crippen LogP contribution in [0.3, 0.4) is 0 Å². The molecule has 0 aliphatic heterocycles. The molecule has 0 rings (SSSR count). The maximum absolute atomic E-state index is 11.9. The molecule has 15 heavy (non-hydrogen) atoms. The Kier molecular flexibility index (Phi) is 7.44. The minimum absolute atomic E-state index is 0.0871. The first kappa shape index (κ1) is 15.1. The van der Waals surface area contributed by atoms with Gasteiger partial charge in [0.05, 0.1) is 0 Å². The van der Waals surface area contributed by atoms with Crippen molar-refractivity contribution in [3.05, 3.63) is 0 Å². The molecule has 0 heterocycles. The van der Waals surface area contributed by atoms with Gasteiger partial charge in [-0.05, 0) is 38.3 Å². The van der Waals surface area contributed by atoms with Gasteiger partial charge in [-0.15, -0.1) is 0 Å². The van der Waals surface area contributed by atoms with E-state index in [0.717, 1.165) is 13.0 Å². The summed E-state index contributed by atoms with van der Waals surface area (Å²) in [4.78, 5) is 0. The highest BCUT2D eigenvalue weighted by Crippen LogP contribution is 2.31. The van der Waals surface area contributed by atoms with Crippen molar-refractivity contribution in [1.29, 1.82) is 0 Å². The molecule has 0 aliphatic rings. The summed E-state index contributed by atoms with van der Waals surface area (Å²) >= 11 is 0.0871. The molecule has 1 unspecified atom stereocenters. The molecule has 1 nitrogen and oxygen atoms in total. The predicted octanol–water partition coefficient (Wildman–Crippen LogP) is 3.51. The normalized spacial score (nSPS) is 14.6. The minimum atomic E-state index is -4.08. The van der Waals surface area contributed by atoms with Gasteiger partial charge in [0.25, 0.3) is 0 Å². The van der Waals surface area contributed by atoms with E-state index < -0.39 is 5.51 Å². The van der Waals surface area contributed by atoms with E-state index in [0.29, 0.717) is 18.3 Å². The third-order valence-corrected chi connectivity index (χ3v) is 2.86. The number of nitrogens with one attached hydrogen (secondary N) is 1. The lowest BCUT2D eigenvalue weighted by Gasteiger charge is -2.18. The molecular formula is C10H20F3NS. The van der Waals surface area contributed by atoms with Gasteiger partial charge in [0.1, 0.15) is 0 Å². The molecule has 1 N–H and O–H groups in total. The molecule has 0 saturated carbocycles. The highest BCUT2D eigenvalue weighted by molar-refractivity contribution is 8.00. The van der Waals surface area contributed by atoms with Gasteiger partial charge in [-0.1, -0.05) is 25.6 Å². The fourth-order valence-corrected chi connectivity index (χ4v) is 2.28.